The first-order valence-corrected chi connectivity index (χ1v) is 13.5. The number of hydrogen-bond acceptors (Lipinski definition) is 4. The molecule has 3 N–H and O–H groups in total. The van der Waals surface area contributed by atoms with Crippen molar-refractivity contribution >= 4 is 17.5 Å². The zero-order valence-electron chi connectivity index (χ0n) is 20.9. The molecule has 1 saturated carbocycles. The van der Waals surface area contributed by atoms with Gasteiger partial charge >= 0.3 is 0 Å². The van der Waals surface area contributed by atoms with Crippen molar-refractivity contribution in [3.8, 4) is 0 Å². The van der Waals surface area contributed by atoms with Crippen LogP contribution < -0.4 is 10.6 Å². The second kappa shape index (κ2) is 13.2. The molecule has 34 heavy (non-hydrogen) atoms. The number of rotatable bonds is 11. The van der Waals surface area contributed by atoms with E-state index < -0.39 is 11.4 Å². The summed E-state index contributed by atoms with van der Waals surface area (Å²) in [6.45, 7) is 4.69. The van der Waals surface area contributed by atoms with E-state index in [4.69, 9.17) is 11.6 Å². The number of aliphatic hydroxyl groups is 1. The van der Waals surface area contributed by atoms with Crippen LogP contribution in [0.25, 0.3) is 0 Å². The average Bonchev–Trinajstić information content (AvgIpc) is 2.84. The molecular formula is C27H43ClFN3O2. The minimum Gasteiger partial charge on any atom is -0.385 e. The molecule has 2 aliphatic rings. The van der Waals surface area contributed by atoms with Crippen molar-refractivity contribution < 1.29 is 14.3 Å². The number of piperidine rings is 1. The maximum atomic E-state index is 14.4. The van der Waals surface area contributed by atoms with Gasteiger partial charge in [0.05, 0.1) is 10.6 Å². The van der Waals surface area contributed by atoms with Crippen molar-refractivity contribution in [1.29, 1.82) is 0 Å². The van der Waals surface area contributed by atoms with E-state index in [0.717, 1.165) is 38.4 Å². The largest absolute Gasteiger partial charge is 0.385 e. The molecule has 1 saturated heterocycles. The number of carbonyl (C=O) groups excluding carboxylic acids is 1. The number of nitrogens with one attached hydrogen (secondary N) is 2. The summed E-state index contributed by atoms with van der Waals surface area (Å²) in [6, 6.07) is 5.16. The molecule has 1 aliphatic heterocycles. The van der Waals surface area contributed by atoms with Crippen molar-refractivity contribution in [2.45, 2.75) is 82.8 Å². The number of amides is 1. The highest BCUT2D eigenvalue weighted by molar-refractivity contribution is 6.31. The molecule has 3 atom stereocenters. The number of likely N-dealkylation sites (tertiary alicyclic amines) is 1. The molecule has 7 heteroatoms. The first-order chi connectivity index (χ1) is 16.3. The van der Waals surface area contributed by atoms with Gasteiger partial charge in [-0.3, -0.25) is 9.69 Å². The molecule has 1 aromatic carbocycles. The average molecular weight is 496 g/mol. The van der Waals surface area contributed by atoms with Crippen LogP contribution in [-0.4, -0.2) is 55.2 Å². The van der Waals surface area contributed by atoms with Crippen LogP contribution in [0.3, 0.4) is 0 Å². The van der Waals surface area contributed by atoms with Gasteiger partial charge in [-0.05, 0) is 57.7 Å². The van der Waals surface area contributed by atoms with E-state index in [-0.39, 0.29) is 16.8 Å². The number of likely N-dealkylation sites (N-methyl/N-ethyl adjacent to an activating group) is 1. The molecule has 1 aromatic rings. The summed E-state index contributed by atoms with van der Waals surface area (Å²) in [5.74, 6) is 0.136. The summed E-state index contributed by atoms with van der Waals surface area (Å²) < 4.78 is 14.4. The lowest BCUT2D eigenvalue weighted by atomic mass is 9.73. The Balaban J connectivity index is 1.79. The molecule has 0 radical (unpaired) electrons. The van der Waals surface area contributed by atoms with Crippen LogP contribution in [0.1, 0.15) is 76.7 Å². The molecule has 3 unspecified atom stereocenters. The monoisotopic (exact) mass is 495 g/mol. The molecule has 192 valence electrons. The first kappa shape index (κ1) is 27.4. The Morgan fingerprint density at radius 1 is 1.26 bits per heavy atom. The summed E-state index contributed by atoms with van der Waals surface area (Å²) in [4.78, 5) is 13.9. The van der Waals surface area contributed by atoms with Gasteiger partial charge in [-0.1, -0.05) is 55.8 Å². The lowest BCUT2D eigenvalue weighted by Crippen LogP contribution is -2.52. The zero-order chi connectivity index (χ0) is 24.6. The van der Waals surface area contributed by atoms with Crippen LogP contribution >= 0.6 is 11.6 Å². The fourth-order valence-corrected chi connectivity index (χ4v) is 6.44. The molecule has 0 aromatic heterocycles. The Kier molecular flexibility index (Phi) is 10.6. The van der Waals surface area contributed by atoms with E-state index in [2.05, 4.69) is 15.5 Å². The second-order valence-electron chi connectivity index (χ2n) is 10.4. The normalized spacial score (nSPS) is 22.8. The van der Waals surface area contributed by atoms with Crippen molar-refractivity contribution in [2.24, 2.45) is 11.8 Å². The molecular weight excluding hydrogens is 453 g/mol. The van der Waals surface area contributed by atoms with E-state index in [1.807, 2.05) is 7.05 Å². The van der Waals surface area contributed by atoms with Gasteiger partial charge in [0.25, 0.3) is 0 Å². The standard InChI is InChI=1S/C27H43ClFN3O2/c1-20(33)31-15-8-14-27(34,24-12-6-13-25(29)26(24)28)22-11-7-16-32(19-22)23(18-30-2)17-21-9-4-3-5-10-21/h6,12-13,21-23,30,34H,3-5,7-11,14-19H2,1-2H3,(H,31,33). The maximum absolute atomic E-state index is 14.4. The molecule has 3 rings (SSSR count). The van der Waals surface area contributed by atoms with Crippen molar-refractivity contribution in [2.75, 3.05) is 33.2 Å². The van der Waals surface area contributed by atoms with Crippen LogP contribution in [0.4, 0.5) is 4.39 Å². The molecule has 1 aliphatic carbocycles. The van der Waals surface area contributed by atoms with E-state index in [1.54, 1.807) is 12.1 Å². The highest BCUT2D eigenvalue weighted by atomic mass is 35.5. The third-order valence-corrected chi connectivity index (χ3v) is 8.33. The van der Waals surface area contributed by atoms with Crippen LogP contribution in [0.15, 0.2) is 18.2 Å². The Labute approximate surface area is 209 Å². The fourth-order valence-electron chi connectivity index (χ4n) is 6.15. The van der Waals surface area contributed by atoms with Crippen LogP contribution in [0.2, 0.25) is 5.02 Å². The minimum absolute atomic E-state index is 0.00984. The summed E-state index contributed by atoms with van der Waals surface area (Å²) in [5, 5.41) is 18.3. The van der Waals surface area contributed by atoms with Gasteiger partial charge in [0.15, 0.2) is 0 Å². The van der Waals surface area contributed by atoms with Crippen molar-refractivity contribution in [3.63, 3.8) is 0 Å². The molecule has 0 bridgehead atoms. The number of halogens is 2. The number of nitrogens with zero attached hydrogens (tertiary/aromatic N) is 1. The lowest BCUT2D eigenvalue weighted by Gasteiger charge is -2.46. The number of hydrogen-bond donors (Lipinski definition) is 3. The highest BCUT2D eigenvalue weighted by Gasteiger charge is 2.43. The predicted octanol–water partition coefficient (Wildman–Crippen LogP) is 4.85. The smallest absolute Gasteiger partial charge is 0.216 e. The summed E-state index contributed by atoms with van der Waals surface area (Å²) in [5.41, 5.74) is -0.771. The van der Waals surface area contributed by atoms with Crippen molar-refractivity contribution in [1.82, 2.24) is 15.5 Å². The van der Waals surface area contributed by atoms with Crippen LogP contribution in [-0.2, 0) is 10.4 Å². The minimum atomic E-state index is -1.24. The van der Waals surface area contributed by atoms with Gasteiger partial charge in [0.2, 0.25) is 5.91 Å². The van der Waals surface area contributed by atoms with Gasteiger partial charge in [-0.2, -0.15) is 0 Å². The Morgan fingerprint density at radius 3 is 2.74 bits per heavy atom. The predicted molar refractivity (Wildman–Crippen MR) is 136 cm³/mol. The molecule has 1 amide bonds. The molecule has 0 spiro atoms. The van der Waals surface area contributed by atoms with Crippen LogP contribution in [0, 0.1) is 17.7 Å². The molecule has 1 heterocycles. The Bertz CT molecular complexity index is 789. The highest BCUT2D eigenvalue weighted by Crippen LogP contribution is 2.43. The van der Waals surface area contributed by atoms with Gasteiger partial charge in [-0.25, -0.2) is 4.39 Å². The first-order valence-electron chi connectivity index (χ1n) is 13.1. The Morgan fingerprint density at radius 2 is 2.03 bits per heavy atom. The fraction of sp³-hybridized carbons (Fsp3) is 0.741. The number of carbonyl (C=O) groups is 1. The second-order valence-corrected chi connectivity index (χ2v) is 10.8. The molecule has 5 nitrogen and oxygen atoms in total. The quantitative estimate of drug-likeness (QED) is 0.384. The van der Waals surface area contributed by atoms with E-state index >= 15 is 0 Å². The summed E-state index contributed by atoms with van der Waals surface area (Å²) in [7, 11) is 2.01. The topological polar surface area (TPSA) is 64.6 Å². The zero-order valence-corrected chi connectivity index (χ0v) is 21.7. The van der Waals surface area contributed by atoms with Gasteiger partial charge in [-0.15, -0.1) is 0 Å². The number of benzene rings is 1. The maximum Gasteiger partial charge on any atom is 0.216 e. The lowest BCUT2D eigenvalue weighted by molar-refractivity contribution is -0.119. The van der Waals surface area contributed by atoms with Crippen molar-refractivity contribution in [3.05, 3.63) is 34.6 Å². The third-order valence-electron chi connectivity index (χ3n) is 7.94. The van der Waals surface area contributed by atoms with Gasteiger partial charge in [0, 0.05) is 44.1 Å². The summed E-state index contributed by atoms with van der Waals surface area (Å²) >= 11 is 6.41. The van der Waals surface area contributed by atoms with Gasteiger partial charge < -0.3 is 15.7 Å². The van der Waals surface area contributed by atoms with Crippen LogP contribution in [0.5, 0.6) is 0 Å². The van der Waals surface area contributed by atoms with E-state index in [1.165, 1.54) is 51.5 Å². The van der Waals surface area contributed by atoms with E-state index in [9.17, 15) is 14.3 Å². The SMILES string of the molecule is CNCC(CC1CCCCC1)N1CCCC(C(O)(CCCNC(C)=O)c2cccc(F)c2Cl)C1. The van der Waals surface area contributed by atoms with Gasteiger partial charge in [0.1, 0.15) is 5.82 Å². The van der Waals surface area contributed by atoms with E-state index in [0.29, 0.717) is 31.0 Å². The Hall–Kier alpha value is -1.21. The third kappa shape index (κ3) is 7.16. The summed E-state index contributed by atoms with van der Waals surface area (Å²) in [6.07, 6.45) is 10.8. The molecule has 2 fully saturated rings.